The van der Waals surface area contributed by atoms with E-state index in [4.69, 9.17) is 4.74 Å². The van der Waals surface area contributed by atoms with Crippen molar-refractivity contribution < 1.29 is 14.3 Å². The number of nitrogens with zero attached hydrogens (tertiary/aromatic N) is 1. The third-order valence-electron chi connectivity index (χ3n) is 3.78. The number of hydrogen-bond acceptors (Lipinski definition) is 3. The summed E-state index contributed by atoms with van der Waals surface area (Å²) in [5.74, 6) is 0.297. The van der Waals surface area contributed by atoms with E-state index in [9.17, 15) is 9.59 Å². The third kappa shape index (κ3) is 3.69. The number of benzene rings is 2. The molecular formula is C18H18N2O3. The lowest BCUT2D eigenvalue weighted by atomic mass is 10.2. The van der Waals surface area contributed by atoms with Gasteiger partial charge in [-0.05, 0) is 37.1 Å². The van der Waals surface area contributed by atoms with E-state index < -0.39 is 12.1 Å². The summed E-state index contributed by atoms with van der Waals surface area (Å²) in [6.45, 7) is 0.526. The van der Waals surface area contributed by atoms with Crippen LogP contribution in [-0.2, 0) is 4.79 Å². The molecule has 0 radical (unpaired) electrons. The van der Waals surface area contributed by atoms with Crippen LogP contribution >= 0.6 is 0 Å². The molecule has 1 aliphatic heterocycles. The van der Waals surface area contributed by atoms with Gasteiger partial charge in [0, 0.05) is 12.2 Å². The summed E-state index contributed by atoms with van der Waals surface area (Å²) in [4.78, 5) is 26.2. The van der Waals surface area contributed by atoms with Crippen molar-refractivity contribution in [2.45, 2.75) is 18.9 Å². The Morgan fingerprint density at radius 3 is 2.35 bits per heavy atom. The molecule has 1 atom stereocenters. The topological polar surface area (TPSA) is 58.6 Å². The molecule has 0 bridgehead atoms. The zero-order valence-electron chi connectivity index (χ0n) is 12.6. The Hall–Kier alpha value is -2.82. The first-order valence-electron chi connectivity index (χ1n) is 7.63. The van der Waals surface area contributed by atoms with Crippen LogP contribution in [0.5, 0.6) is 5.75 Å². The lowest BCUT2D eigenvalue weighted by molar-refractivity contribution is -0.119. The maximum atomic E-state index is 12.4. The van der Waals surface area contributed by atoms with Crippen LogP contribution in [0.4, 0.5) is 10.5 Å². The number of amides is 2. The molecule has 118 valence electrons. The Kier molecular flexibility index (Phi) is 4.57. The van der Waals surface area contributed by atoms with Crippen LogP contribution in [0.3, 0.4) is 0 Å². The first kappa shape index (κ1) is 15.1. The van der Waals surface area contributed by atoms with Crippen molar-refractivity contribution in [2.24, 2.45) is 0 Å². The highest BCUT2D eigenvalue weighted by molar-refractivity contribution is 5.97. The van der Waals surface area contributed by atoms with E-state index in [2.05, 4.69) is 5.32 Å². The van der Waals surface area contributed by atoms with Gasteiger partial charge in [0.05, 0.1) is 0 Å². The molecule has 0 saturated carbocycles. The second kappa shape index (κ2) is 6.96. The van der Waals surface area contributed by atoms with Gasteiger partial charge in [0.15, 0.2) is 0 Å². The van der Waals surface area contributed by atoms with Crippen molar-refractivity contribution in [1.82, 2.24) is 4.90 Å². The highest BCUT2D eigenvalue weighted by Crippen LogP contribution is 2.21. The minimum absolute atomic E-state index is 0.182. The van der Waals surface area contributed by atoms with E-state index in [1.54, 1.807) is 24.3 Å². The predicted molar refractivity (Wildman–Crippen MR) is 87.3 cm³/mol. The molecule has 2 amide bonds. The molecular weight excluding hydrogens is 292 g/mol. The molecule has 0 spiro atoms. The molecule has 5 nitrogen and oxygen atoms in total. The van der Waals surface area contributed by atoms with Crippen molar-refractivity contribution in [3.05, 3.63) is 60.7 Å². The van der Waals surface area contributed by atoms with Gasteiger partial charge in [-0.2, -0.15) is 0 Å². The Morgan fingerprint density at radius 1 is 1.00 bits per heavy atom. The van der Waals surface area contributed by atoms with Crippen molar-refractivity contribution >= 4 is 17.7 Å². The second-order valence-corrected chi connectivity index (χ2v) is 5.39. The summed E-state index contributed by atoms with van der Waals surface area (Å²) in [5, 5.41) is 2.84. The number of carbonyl (C=O) groups excluding carboxylic acids is 2. The highest BCUT2D eigenvalue weighted by Gasteiger charge is 2.35. The number of anilines is 1. The molecule has 5 heteroatoms. The van der Waals surface area contributed by atoms with E-state index in [0.717, 1.165) is 12.1 Å². The molecule has 23 heavy (non-hydrogen) atoms. The normalized spacial score (nSPS) is 16.9. The maximum Gasteiger partial charge on any atom is 0.415 e. The van der Waals surface area contributed by atoms with E-state index in [-0.39, 0.29) is 5.91 Å². The van der Waals surface area contributed by atoms with Crippen LogP contribution in [-0.4, -0.2) is 29.5 Å². The molecule has 3 rings (SSSR count). The Morgan fingerprint density at radius 2 is 1.65 bits per heavy atom. The van der Waals surface area contributed by atoms with Gasteiger partial charge >= 0.3 is 6.09 Å². The van der Waals surface area contributed by atoms with Gasteiger partial charge < -0.3 is 10.1 Å². The van der Waals surface area contributed by atoms with Crippen molar-refractivity contribution in [2.75, 3.05) is 11.9 Å². The van der Waals surface area contributed by atoms with Gasteiger partial charge in [-0.15, -0.1) is 0 Å². The Balaban J connectivity index is 1.65. The fourth-order valence-corrected chi connectivity index (χ4v) is 2.65. The van der Waals surface area contributed by atoms with Gasteiger partial charge in [0.2, 0.25) is 5.91 Å². The number of hydrogen-bond donors (Lipinski definition) is 1. The van der Waals surface area contributed by atoms with E-state index >= 15 is 0 Å². The summed E-state index contributed by atoms with van der Waals surface area (Å²) in [6, 6.07) is 17.6. The van der Waals surface area contributed by atoms with Crippen molar-refractivity contribution in [3.8, 4) is 5.75 Å². The van der Waals surface area contributed by atoms with Crippen LogP contribution in [0.1, 0.15) is 12.8 Å². The van der Waals surface area contributed by atoms with Gasteiger partial charge in [0.25, 0.3) is 0 Å². The predicted octanol–water partition coefficient (Wildman–Crippen LogP) is 3.29. The van der Waals surface area contributed by atoms with Gasteiger partial charge in [-0.1, -0.05) is 36.4 Å². The number of likely N-dealkylation sites (tertiary alicyclic amines) is 1. The number of ether oxygens (including phenoxy) is 1. The van der Waals surface area contributed by atoms with Gasteiger partial charge in [0.1, 0.15) is 11.8 Å². The maximum absolute atomic E-state index is 12.4. The van der Waals surface area contributed by atoms with Crippen LogP contribution in [0.2, 0.25) is 0 Å². The molecule has 1 saturated heterocycles. The summed E-state index contributed by atoms with van der Waals surface area (Å²) < 4.78 is 5.34. The molecule has 0 aliphatic carbocycles. The van der Waals surface area contributed by atoms with Gasteiger partial charge in [-0.3, -0.25) is 9.69 Å². The second-order valence-electron chi connectivity index (χ2n) is 5.39. The smallest absolute Gasteiger partial charge is 0.410 e. The summed E-state index contributed by atoms with van der Waals surface area (Å²) in [7, 11) is 0. The monoisotopic (exact) mass is 310 g/mol. The first-order valence-corrected chi connectivity index (χ1v) is 7.63. The largest absolute Gasteiger partial charge is 0.415 e. The first-order chi connectivity index (χ1) is 11.2. The Bertz CT molecular complexity index is 614. The quantitative estimate of drug-likeness (QED) is 0.946. The summed E-state index contributed by atoms with van der Waals surface area (Å²) in [6.07, 6.45) is 0.946. The molecule has 2 aromatic rings. The van der Waals surface area contributed by atoms with E-state index in [0.29, 0.717) is 18.7 Å². The van der Waals surface area contributed by atoms with Crippen LogP contribution < -0.4 is 10.1 Å². The lowest BCUT2D eigenvalue weighted by Gasteiger charge is -2.23. The lowest BCUT2D eigenvalue weighted by Crippen LogP contribution is -2.44. The zero-order valence-corrected chi connectivity index (χ0v) is 12.6. The number of nitrogens with one attached hydrogen (secondary N) is 1. The van der Waals surface area contributed by atoms with Crippen LogP contribution in [0, 0.1) is 0 Å². The molecule has 1 unspecified atom stereocenters. The van der Waals surface area contributed by atoms with E-state index in [1.807, 2.05) is 36.4 Å². The summed E-state index contributed by atoms with van der Waals surface area (Å²) >= 11 is 0. The molecule has 1 N–H and O–H groups in total. The fraction of sp³-hybridized carbons (Fsp3) is 0.222. The number of carbonyl (C=O) groups is 2. The van der Waals surface area contributed by atoms with Crippen molar-refractivity contribution in [1.29, 1.82) is 0 Å². The fourth-order valence-electron chi connectivity index (χ4n) is 2.65. The molecule has 1 heterocycles. The van der Waals surface area contributed by atoms with Gasteiger partial charge in [-0.25, -0.2) is 4.79 Å². The highest BCUT2D eigenvalue weighted by atomic mass is 16.6. The Labute approximate surface area is 134 Å². The number of para-hydroxylation sites is 2. The standard InChI is InChI=1S/C18H18N2O3/c21-17(19-14-8-3-1-4-9-14)16-12-7-13-20(16)18(22)23-15-10-5-2-6-11-15/h1-6,8-11,16H,7,12-13H2,(H,19,21). The van der Waals surface area contributed by atoms with Crippen LogP contribution in [0.15, 0.2) is 60.7 Å². The molecule has 1 fully saturated rings. The van der Waals surface area contributed by atoms with Crippen molar-refractivity contribution in [3.63, 3.8) is 0 Å². The average molecular weight is 310 g/mol. The SMILES string of the molecule is O=C(Nc1ccccc1)C1CCCN1C(=O)Oc1ccccc1. The number of rotatable bonds is 3. The minimum Gasteiger partial charge on any atom is -0.410 e. The zero-order chi connectivity index (χ0) is 16.1. The average Bonchev–Trinajstić information content (AvgIpc) is 3.06. The molecule has 1 aliphatic rings. The minimum atomic E-state index is -0.494. The molecule has 2 aromatic carbocycles. The molecule has 0 aromatic heterocycles. The van der Waals surface area contributed by atoms with E-state index in [1.165, 1.54) is 4.90 Å². The summed E-state index contributed by atoms with van der Waals surface area (Å²) in [5.41, 5.74) is 0.723. The van der Waals surface area contributed by atoms with Crippen LogP contribution in [0.25, 0.3) is 0 Å². The third-order valence-corrected chi connectivity index (χ3v) is 3.78.